The molecule has 4 amide bonds. The van der Waals surface area contributed by atoms with E-state index in [2.05, 4.69) is 21.3 Å². The molecule has 0 aromatic rings. The Morgan fingerprint density at radius 3 is 1.32 bits per heavy atom. The summed E-state index contributed by atoms with van der Waals surface area (Å²) < 4.78 is 61.8. The van der Waals surface area contributed by atoms with E-state index in [0.29, 0.717) is 0 Å². The molecule has 0 radical (unpaired) electrons. The highest BCUT2D eigenvalue weighted by Gasteiger charge is 2.28. The van der Waals surface area contributed by atoms with Crippen LogP contribution in [0.5, 0.6) is 0 Å². The van der Waals surface area contributed by atoms with Gasteiger partial charge in [0.25, 0.3) is 20.2 Å². The topological polar surface area (TPSA) is 225 Å². The average Bonchev–Trinajstić information content (AvgIpc) is 2.50. The number of hydrogen-bond donors (Lipinski definition) is 6. The number of hydrogen-bond acceptors (Lipinski definition) is 8. The van der Waals surface area contributed by atoms with Crippen molar-refractivity contribution >= 4 is 43.9 Å². The molecule has 28 heavy (non-hydrogen) atoms. The summed E-state index contributed by atoms with van der Waals surface area (Å²) in [6, 6.07) is -3.26. The van der Waals surface area contributed by atoms with Crippen LogP contribution in [0.4, 0.5) is 0 Å². The normalized spacial score (nSPS) is 23.6. The molecule has 6 N–H and O–H groups in total. The molecule has 1 aliphatic heterocycles. The van der Waals surface area contributed by atoms with Gasteiger partial charge >= 0.3 is 0 Å². The van der Waals surface area contributed by atoms with Crippen LogP contribution < -0.4 is 21.3 Å². The molecule has 2 atom stereocenters. The van der Waals surface area contributed by atoms with Crippen LogP contribution in [0, 0.1) is 0 Å². The first-order chi connectivity index (χ1) is 12.8. The van der Waals surface area contributed by atoms with E-state index < -0.39 is 80.3 Å². The molecule has 1 aliphatic rings. The third kappa shape index (κ3) is 9.58. The quantitative estimate of drug-likeness (QED) is 0.229. The number of amides is 4. The molecule has 0 unspecified atom stereocenters. The Hall–Kier alpha value is -2.30. The van der Waals surface area contributed by atoms with Gasteiger partial charge < -0.3 is 21.3 Å². The maximum absolute atomic E-state index is 12.0. The fourth-order valence-electron chi connectivity index (χ4n) is 2.16. The summed E-state index contributed by atoms with van der Waals surface area (Å²) in [6.45, 7) is -0.689. The third-order valence-electron chi connectivity index (χ3n) is 3.36. The lowest BCUT2D eigenvalue weighted by atomic mass is 10.2. The highest BCUT2D eigenvalue weighted by molar-refractivity contribution is 7.86. The van der Waals surface area contributed by atoms with Crippen LogP contribution in [0.25, 0.3) is 0 Å². The zero-order valence-corrected chi connectivity index (χ0v) is 16.0. The van der Waals surface area contributed by atoms with Gasteiger partial charge in [-0.05, 0) is 0 Å². The van der Waals surface area contributed by atoms with Crippen molar-refractivity contribution in [3.8, 4) is 0 Å². The molecule has 1 heterocycles. The summed E-state index contributed by atoms with van der Waals surface area (Å²) in [5.41, 5.74) is 0. The van der Waals surface area contributed by atoms with Crippen molar-refractivity contribution in [2.24, 2.45) is 0 Å². The van der Waals surface area contributed by atoms with E-state index in [1.807, 2.05) is 0 Å². The van der Waals surface area contributed by atoms with Crippen LogP contribution in [0.1, 0.15) is 12.8 Å². The van der Waals surface area contributed by atoms with E-state index in [0.717, 1.165) is 0 Å². The van der Waals surface area contributed by atoms with Gasteiger partial charge in [0.15, 0.2) is 0 Å². The molecule has 1 rings (SSSR count). The molecule has 0 aliphatic carbocycles. The van der Waals surface area contributed by atoms with Crippen molar-refractivity contribution in [3.63, 3.8) is 0 Å². The summed E-state index contributed by atoms with van der Waals surface area (Å²) in [6.07, 6.45) is -0.846. The number of nitrogens with one attached hydrogen (secondary N) is 4. The Bertz CT molecular complexity index is 768. The molecule has 1 saturated heterocycles. The largest absolute Gasteiger partial charge is 0.354 e. The van der Waals surface area contributed by atoms with Crippen LogP contribution in [-0.2, 0) is 39.4 Å². The van der Waals surface area contributed by atoms with E-state index in [-0.39, 0.29) is 13.1 Å². The van der Waals surface area contributed by atoms with Crippen LogP contribution >= 0.6 is 0 Å². The first-order valence-corrected chi connectivity index (χ1v) is 11.0. The van der Waals surface area contributed by atoms with Gasteiger partial charge in [-0.3, -0.25) is 28.3 Å². The lowest BCUT2D eigenvalue weighted by molar-refractivity contribution is -0.130. The van der Waals surface area contributed by atoms with E-state index in [4.69, 9.17) is 9.11 Å². The number of carbonyl (C=O) groups is 4. The van der Waals surface area contributed by atoms with Crippen molar-refractivity contribution in [2.45, 2.75) is 24.9 Å². The molecule has 14 nitrogen and oxygen atoms in total. The molecular weight excluding hydrogens is 424 g/mol. The summed E-state index contributed by atoms with van der Waals surface area (Å²) in [7, 11) is -9.22. The second-order valence-electron chi connectivity index (χ2n) is 5.82. The van der Waals surface area contributed by atoms with Crippen LogP contribution in [0.15, 0.2) is 0 Å². The number of carbonyl (C=O) groups excluding carboxylic acids is 4. The highest BCUT2D eigenvalue weighted by atomic mass is 32.2. The first kappa shape index (κ1) is 23.7. The van der Waals surface area contributed by atoms with Gasteiger partial charge in [0.2, 0.25) is 23.6 Å². The van der Waals surface area contributed by atoms with Crippen molar-refractivity contribution in [1.82, 2.24) is 21.3 Å². The summed E-state index contributed by atoms with van der Waals surface area (Å²) in [5.74, 6) is -5.82. The third-order valence-corrected chi connectivity index (χ3v) is 4.87. The van der Waals surface area contributed by atoms with Gasteiger partial charge in [-0.15, -0.1) is 0 Å². The predicted molar refractivity (Wildman–Crippen MR) is 91.9 cm³/mol. The minimum atomic E-state index is -4.61. The van der Waals surface area contributed by atoms with Gasteiger partial charge in [-0.1, -0.05) is 0 Å². The Balaban J connectivity index is 2.94. The van der Waals surface area contributed by atoms with E-state index in [1.165, 1.54) is 0 Å². The monoisotopic (exact) mass is 444 g/mol. The second kappa shape index (κ2) is 9.76. The molecule has 1 fully saturated rings. The molecule has 0 aromatic carbocycles. The molecule has 16 heteroatoms. The second-order valence-corrected chi connectivity index (χ2v) is 8.81. The molecule has 0 aromatic heterocycles. The SMILES string of the molecule is O=C1CCNC(=O)[C@H](CS(=O)(=O)O)NC(=O)CCNC(=O)[C@H](CS(=O)(=O)O)N1. The lowest BCUT2D eigenvalue weighted by Crippen LogP contribution is -2.54. The van der Waals surface area contributed by atoms with Crippen LogP contribution in [0.2, 0.25) is 0 Å². The van der Waals surface area contributed by atoms with Crippen molar-refractivity contribution in [2.75, 3.05) is 24.6 Å². The highest BCUT2D eigenvalue weighted by Crippen LogP contribution is 1.97. The number of rotatable bonds is 4. The standard InChI is InChI=1S/C12H20N4O10S2/c17-9-1-3-13-11(19)8(6-28(24,25)26)16-10(18)2-4-14-12(20)7(15-9)5-27(21,22)23/h7-8H,1-6H2,(H,13,19)(H,14,20)(H,15,17)(H,16,18)(H,21,22,23)(H,24,25,26)/t7-,8-/m0/s1. The maximum Gasteiger partial charge on any atom is 0.267 e. The van der Waals surface area contributed by atoms with Gasteiger partial charge in [-0.2, -0.15) is 16.8 Å². The fourth-order valence-corrected chi connectivity index (χ4v) is 3.48. The van der Waals surface area contributed by atoms with E-state index in [9.17, 15) is 36.0 Å². The Morgan fingerprint density at radius 1 is 0.714 bits per heavy atom. The first-order valence-electron chi connectivity index (χ1n) is 7.81. The van der Waals surface area contributed by atoms with Gasteiger partial charge in [0.05, 0.1) is 0 Å². The smallest absolute Gasteiger partial charge is 0.267 e. The Labute approximate surface area is 160 Å². The van der Waals surface area contributed by atoms with Crippen molar-refractivity contribution < 1.29 is 45.1 Å². The molecule has 0 bridgehead atoms. The van der Waals surface area contributed by atoms with Gasteiger partial charge in [-0.25, -0.2) is 0 Å². The molecular formula is C12H20N4O10S2. The Kier molecular flexibility index (Phi) is 8.28. The minimum absolute atomic E-state index is 0.345. The lowest BCUT2D eigenvalue weighted by Gasteiger charge is -2.20. The summed E-state index contributed by atoms with van der Waals surface area (Å²) in [4.78, 5) is 47.7. The van der Waals surface area contributed by atoms with E-state index >= 15 is 0 Å². The van der Waals surface area contributed by atoms with E-state index in [1.54, 1.807) is 0 Å². The molecule has 160 valence electrons. The average molecular weight is 444 g/mol. The minimum Gasteiger partial charge on any atom is -0.354 e. The van der Waals surface area contributed by atoms with Crippen molar-refractivity contribution in [3.05, 3.63) is 0 Å². The maximum atomic E-state index is 12.0. The molecule has 0 spiro atoms. The molecule has 0 saturated carbocycles. The zero-order valence-electron chi connectivity index (χ0n) is 14.4. The fraction of sp³-hybridized carbons (Fsp3) is 0.667. The summed E-state index contributed by atoms with van der Waals surface area (Å²) in [5, 5.41) is 8.50. The van der Waals surface area contributed by atoms with Crippen LogP contribution in [-0.4, -0.2) is 86.2 Å². The van der Waals surface area contributed by atoms with Gasteiger partial charge in [0.1, 0.15) is 23.6 Å². The predicted octanol–water partition coefficient (Wildman–Crippen LogP) is -4.24. The van der Waals surface area contributed by atoms with Crippen molar-refractivity contribution in [1.29, 1.82) is 0 Å². The summed E-state index contributed by atoms with van der Waals surface area (Å²) >= 11 is 0. The van der Waals surface area contributed by atoms with Gasteiger partial charge in [0, 0.05) is 25.9 Å². The Morgan fingerprint density at radius 2 is 1.04 bits per heavy atom. The zero-order chi connectivity index (χ0) is 21.5. The van der Waals surface area contributed by atoms with Crippen LogP contribution in [0.3, 0.4) is 0 Å².